The number of carbonyl (C=O) groups is 4. The van der Waals surface area contributed by atoms with E-state index in [2.05, 4.69) is 5.32 Å². The molecule has 1 fully saturated rings. The second-order valence-corrected chi connectivity index (χ2v) is 5.58. The van der Waals surface area contributed by atoms with Crippen molar-refractivity contribution < 1.29 is 29.0 Å². The number of amides is 4. The third-order valence-corrected chi connectivity index (χ3v) is 3.90. The molecule has 136 valence electrons. The summed E-state index contributed by atoms with van der Waals surface area (Å²) in [5, 5.41) is 11.0. The van der Waals surface area contributed by atoms with Crippen molar-refractivity contribution in [2.75, 3.05) is 12.0 Å². The summed E-state index contributed by atoms with van der Waals surface area (Å²) >= 11 is 0. The van der Waals surface area contributed by atoms with Crippen molar-refractivity contribution in [3.8, 4) is 5.75 Å². The van der Waals surface area contributed by atoms with E-state index in [-0.39, 0.29) is 16.8 Å². The summed E-state index contributed by atoms with van der Waals surface area (Å²) in [6, 6.07) is 11.0. The standard InChI is InChI=1S/C19H14N2O6/c1-27-14-8-6-13(7-9-14)21-17(23)15(16(22)20-19(21)26)10-11-2-4-12(5-3-11)18(24)25/h2-10H,1H3,(H,24,25)(H,20,22,26). The Bertz CT molecular complexity index is 961. The summed E-state index contributed by atoms with van der Waals surface area (Å²) < 4.78 is 5.04. The first kappa shape index (κ1) is 17.9. The molecule has 0 bridgehead atoms. The predicted molar refractivity (Wildman–Crippen MR) is 95.4 cm³/mol. The minimum absolute atomic E-state index is 0.0756. The lowest BCUT2D eigenvalue weighted by molar-refractivity contribution is -0.122. The molecule has 4 amide bonds. The Balaban J connectivity index is 1.95. The van der Waals surface area contributed by atoms with Gasteiger partial charge in [-0.2, -0.15) is 0 Å². The van der Waals surface area contributed by atoms with Gasteiger partial charge in [-0.05, 0) is 48.0 Å². The molecule has 2 aromatic carbocycles. The van der Waals surface area contributed by atoms with Crippen molar-refractivity contribution in [1.82, 2.24) is 5.32 Å². The van der Waals surface area contributed by atoms with Crippen LogP contribution in [0.15, 0.2) is 54.1 Å². The smallest absolute Gasteiger partial charge is 0.335 e. The Kier molecular flexibility index (Phi) is 4.71. The number of nitrogens with one attached hydrogen (secondary N) is 1. The van der Waals surface area contributed by atoms with Gasteiger partial charge in [0.25, 0.3) is 11.8 Å². The number of carboxylic acid groups (broad SMARTS) is 1. The molecule has 0 aromatic heterocycles. The van der Waals surface area contributed by atoms with E-state index >= 15 is 0 Å². The van der Waals surface area contributed by atoms with Gasteiger partial charge < -0.3 is 9.84 Å². The monoisotopic (exact) mass is 366 g/mol. The minimum atomic E-state index is -1.09. The fraction of sp³-hybridized carbons (Fsp3) is 0.0526. The molecule has 1 aliphatic heterocycles. The number of carboxylic acids is 1. The van der Waals surface area contributed by atoms with Gasteiger partial charge >= 0.3 is 12.0 Å². The van der Waals surface area contributed by atoms with Gasteiger partial charge in [0.1, 0.15) is 11.3 Å². The van der Waals surface area contributed by atoms with Crippen molar-refractivity contribution >= 4 is 35.6 Å². The lowest BCUT2D eigenvalue weighted by Gasteiger charge is -2.26. The van der Waals surface area contributed by atoms with E-state index in [1.54, 1.807) is 12.1 Å². The highest BCUT2D eigenvalue weighted by atomic mass is 16.5. The summed E-state index contributed by atoms with van der Waals surface area (Å²) in [6.07, 6.45) is 1.30. The van der Waals surface area contributed by atoms with Crippen LogP contribution in [0.25, 0.3) is 6.08 Å². The molecule has 0 saturated carbocycles. The van der Waals surface area contributed by atoms with Crippen LogP contribution in [0, 0.1) is 0 Å². The fourth-order valence-corrected chi connectivity index (χ4v) is 2.51. The van der Waals surface area contributed by atoms with Crippen LogP contribution in [0.4, 0.5) is 10.5 Å². The zero-order valence-corrected chi connectivity index (χ0v) is 14.1. The number of nitrogens with zero attached hydrogens (tertiary/aromatic N) is 1. The van der Waals surface area contributed by atoms with Crippen LogP contribution in [0.3, 0.4) is 0 Å². The topological polar surface area (TPSA) is 113 Å². The molecule has 1 heterocycles. The summed E-state index contributed by atoms with van der Waals surface area (Å²) in [5.41, 5.74) is 0.556. The van der Waals surface area contributed by atoms with Crippen molar-refractivity contribution in [1.29, 1.82) is 0 Å². The van der Waals surface area contributed by atoms with Crippen LogP contribution in [0.1, 0.15) is 15.9 Å². The summed E-state index contributed by atoms with van der Waals surface area (Å²) in [6.45, 7) is 0. The molecular weight excluding hydrogens is 352 g/mol. The Morgan fingerprint density at radius 2 is 1.67 bits per heavy atom. The molecule has 0 unspecified atom stereocenters. The van der Waals surface area contributed by atoms with Gasteiger partial charge in [0.2, 0.25) is 0 Å². The Labute approximate surface area is 153 Å². The maximum atomic E-state index is 12.7. The number of benzene rings is 2. The van der Waals surface area contributed by atoms with Crippen LogP contribution < -0.4 is 15.0 Å². The third kappa shape index (κ3) is 3.54. The predicted octanol–water partition coefficient (Wildman–Crippen LogP) is 2.06. The zero-order valence-electron chi connectivity index (χ0n) is 14.1. The lowest BCUT2D eigenvalue weighted by Crippen LogP contribution is -2.54. The second-order valence-electron chi connectivity index (χ2n) is 5.58. The van der Waals surface area contributed by atoms with Gasteiger partial charge in [-0.15, -0.1) is 0 Å². The van der Waals surface area contributed by atoms with E-state index in [9.17, 15) is 19.2 Å². The number of rotatable bonds is 4. The number of carbonyl (C=O) groups excluding carboxylic acids is 3. The molecule has 0 atom stereocenters. The average molecular weight is 366 g/mol. The molecule has 8 heteroatoms. The molecule has 0 radical (unpaired) electrons. The van der Waals surface area contributed by atoms with Crippen molar-refractivity contribution in [2.45, 2.75) is 0 Å². The van der Waals surface area contributed by atoms with E-state index in [0.717, 1.165) is 4.90 Å². The van der Waals surface area contributed by atoms with Crippen molar-refractivity contribution in [3.05, 3.63) is 65.2 Å². The van der Waals surface area contributed by atoms with Gasteiger partial charge in [0, 0.05) is 0 Å². The number of hydrogen-bond acceptors (Lipinski definition) is 5. The third-order valence-electron chi connectivity index (χ3n) is 3.90. The zero-order chi connectivity index (χ0) is 19.6. The summed E-state index contributed by atoms with van der Waals surface area (Å²) in [4.78, 5) is 48.7. The number of barbiturate groups is 1. The van der Waals surface area contributed by atoms with Crippen LogP contribution >= 0.6 is 0 Å². The number of ether oxygens (including phenoxy) is 1. The molecule has 0 aliphatic carbocycles. The van der Waals surface area contributed by atoms with Gasteiger partial charge in [0.05, 0.1) is 18.4 Å². The first-order valence-corrected chi connectivity index (χ1v) is 7.79. The van der Waals surface area contributed by atoms with E-state index in [0.29, 0.717) is 11.3 Å². The first-order chi connectivity index (χ1) is 12.9. The summed E-state index contributed by atoms with van der Waals surface area (Å²) in [7, 11) is 1.49. The van der Waals surface area contributed by atoms with Crippen LogP contribution in [-0.2, 0) is 9.59 Å². The lowest BCUT2D eigenvalue weighted by atomic mass is 10.1. The molecule has 2 N–H and O–H groups in total. The molecule has 1 saturated heterocycles. The Morgan fingerprint density at radius 1 is 1.04 bits per heavy atom. The molecule has 3 rings (SSSR count). The Hall–Kier alpha value is -3.94. The number of imide groups is 2. The van der Waals surface area contributed by atoms with E-state index in [1.165, 1.54) is 49.6 Å². The van der Waals surface area contributed by atoms with Crippen molar-refractivity contribution in [2.24, 2.45) is 0 Å². The maximum Gasteiger partial charge on any atom is 0.335 e. The quantitative estimate of drug-likeness (QED) is 0.633. The van der Waals surface area contributed by atoms with Crippen LogP contribution in [-0.4, -0.2) is 36.0 Å². The van der Waals surface area contributed by atoms with Gasteiger partial charge in [-0.3, -0.25) is 14.9 Å². The SMILES string of the molecule is COc1ccc(N2C(=O)NC(=O)C(=Cc3ccc(C(=O)O)cc3)C2=O)cc1. The van der Waals surface area contributed by atoms with E-state index < -0.39 is 23.8 Å². The summed E-state index contributed by atoms with van der Waals surface area (Å²) in [5.74, 6) is -2.14. The highest BCUT2D eigenvalue weighted by Gasteiger charge is 2.36. The number of methoxy groups -OCH3 is 1. The maximum absolute atomic E-state index is 12.7. The van der Waals surface area contributed by atoms with Gasteiger partial charge in [-0.1, -0.05) is 12.1 Å². The fourth-order valence-electron chi connectivity index (χ4n) is 2.51. The number of urea groups is 1. The van der Waals surface area contributed by atoms with Crippen LogP contribution in [0.2, 0.25) is 0 Å². The molecule has 27 heavy (non-hydrogen) atoms. The van der Waals surface area contributed by atoms with E-state index in [1.807, 2.05) is 0 Å². The van der Waals surface area contributed by atoms with Crippen molar-refractivity contribution in [3.63, 3.8) is 0 Å². The molecule has 0 spiro atoms. The normalized spacial score (nSPS) is 15.7. The Morgan fingerprint density at radius 3 is 2.22 bits per heavy atom. The molecule has 1 aliphatic rings. The number of hydrogen-bond donors (Lipinski definition) is 2. The largest absolute Gasteiger partial charge is 0.497 e. The molecule has 8 nitrogen and oxygen atoms in total. The average Bonchev–Trinajstić information content (AvgIpc) is 2.66. The molecule has 2 aromatic rings. The highest BCUT2D eigenvalue weighted by Crippen LogP contribution is 2.24. The first-order valence-electron chi connectivity index (χ1n) is 7.79. The molecular formula is C19H14N2O6. The van der Waals surface area contributed by atoms with Gasteiger partial charge in [-0.25, -0.2) is 14.5 Å². The van der Waals surface area contributed by atoms with E-state index in [4.69, 9.17) is 9.84 Å². The van der Waals surface area contributed by atoms with Gasteiger partial charge in [0.15, 0.2) is 0 Å². The second kappa shape index (κ2) is 7.12. The number of aromatic carboxylic acids is 1. The highest BCUT2D eigenvalue weighted by molar-refractivity contribution is 6.39. The minimum Gasteiger partial charge on any atom is -0.497 e. The number of anilines is 1. The van der Waals surface area contributed by atoms with Crippen LogP contribution in [0.5, 0.6) is 5.75 Å².